The first kappa shape index (κ1) is 19.8. The lowest BCUT2D eigenvalue weighted by atomic mass is 10.0. The molecule has 0 spiro atoms. The fourth-order valence-electron chi connectivity index (χ4n) is 2.81. The maximum Gasteiger partial charge on any atom is 0.162 e. The lowest BCUT2D eigenvalue weighted by Gasteiger charge is -2.19. The van der Waals surface area contributed by atoms with Crippen molar-refractivity contribution in [3.63, 3.8) is 0 Å². The Morgan fingerprint density at radius 2 is 1.75 bits per heavy atom. The van der Waals surface area contributed by atoms with Gasteiger partial charge < -0.3 is 19.5 Å². The highest BCUT2D eigenvalue weighted by Crippen LogP contribution is 2.35. The van der Waals surface area contributed by atoms with Crippen LogP contribution in [0.4, 0.5) is 5.82 Å². The second kappa shape index (κ2) is 8.39. The van der Waals surface area contributed by atoms with Crippen molar-refractivity contribution in [3.05, 3.63) is 36.7 Å². The first-order valence-corrected chi connectivity index (χ1v) is 9.13. The van der Waals surface area contributed by atoms with Gasteiger partial charge >= 0.3 is 0 Å². The molecule has 0 aliphatic carbocycles. The van der Waals surface area contributed by atoms with Crippen LogP contribution in [0.3, 0.4) is 0 Å². The summed E-state index contributed by atoms with van der Waals surface area (Å²) in [5, 5.41) is 12.5. The molecule has 1 aromatic carbocycles. The number of ether oxygens (including phenoxy) is 3. The lowest BCUT2D eigenvalue weighted by molar-refractivity contribution is 0.00331. The Morgan fingerprint density at radius 1 is 1.00 bits per heavy atom. The second-order valence-corrected chi connectivity index (χ2v) is 7.30. The second-order valence-electron chi connectivity index (χ2n) is 7.30. The molecular weight excluding hydrogens is 356 g/mol. The third-order valence-electron chi connectivity index (χ3n) is 4.16. The molecule has 2 heterocycles. The van der Waals surface area contributed by atoms with E-state index in [-0.39, 0.29) is 5.60 Å². The maximum absolute atomic E-state index is 5.71. The van der Waals surface area contributed by atoms with Crippen LogP contribution in [0.5, 0.6) is 11.5 Å². The van der Waals surface area contributed by atoms with Gasteiger partial charge in [0.25, 0.3) is 0 Å². The summed E-state index contributed by atoms with van der Waals surface area (Å²) in [6, 6.07) is 7.68. The fraction of sp³-hybridized carbons (Fsp3) is 0.381. The average Bonchev–Trinajstić information content (AvgIpc) is 2.69. The number of hydrogen-bond donors (Lipinski definition) is 1. The topological polar surface area (TPSA) is 78.4 Å². The van der Waals surface area contributed by atoms with E-state index in [0.29, 0.717) is 24.7 Å². The molecule has 0 radical (unpaired) electrons. The van der Waals surface area contributed by atoms with E-state index < -0.39 is 0 Å². The summed E-state index contributed by atoms with van der Waals surface area (Å²) in [4.78, 5) is 4.50. The summed E-state index contributed by atoms with van der Waals surface area (Å²) in [7, 11) is 3.21. The van der Waals surface area contributed by atoms with Gasteiger partial charge in [-0.1, -0.05) is 0 Å². The van der Waals surface area contributed by atoms with E-state index in [0.717, 1.165) is 27.8 Å². The Labute approximate surface area is 165 Å². The summed E-state index contributed by atoms with van der Waals surface area (Å²) in [6.45, 7) is 7.43. The predicted molar refractivity (Wildman–Crippen MR) is 110 cm³/mol. The molecule has 7 nitrogen and oxygen atoms in total. The van der Waals surface area contributed by atoms with Crippen LogP contribution in [-0.2, 0) is 4.74 Å². The van der Waals surface area contributed by atoms with Crippen LogP contribution < -0.4 is 14.8 Å². The number of fused-ring (bicyclic) bond motifs is 1. The minimum atomic E-state index is -0.141. The van der Waals surface area contributed by atoms with Crippen LogP contribution in [0.2, 0.25) is 0 Å². The van der Waals surface area contributed by atoms with Gasteiger partial charge in [0.2, 0.25) is 0 Å². The van der Waals surface area contributed by atoms with Gasteiger partial charge in [-0.25, -0.2) is 4.98 Å². The molecule has 0 aliphatic heterocycles. The average molecular weight is 382 g/mol. The van der Waals surface area contributed by atoms with Crippen molar-refractivity contribution in [3.8, 4) is 22.6 Å². The fourth-order valence-corrected chi connectivity index (χ4v) is 2.81. The molecule has 7 heteroatoms. The van der Waals surface area contributed by atoms with Gasteiger partial charge in [-0.2, -0.15) is 10.2 Å². The molecule has 2 aromatic heterocycles. The third kappa shape index (κ3) is 4.67. The van der Waals surface area contributed by atoms with Crippen molar-refractivity contribution in [1.82, 2.24) is 15.2 Å². The molecule has 0 amide bonds. The molecule has 0 bridgehead atoms. The van der Waals surface area contributed by atoms with Crippen LogP contribution >= 0.6 is 0 Å². The molecule has 0 unspecified atom stereocenters. The number of methoxy groups -OCH3 is 2. The van der Waals surface area contributed by atoms with E-state index in [9.17, 15) is 0 Å². The summed E-state index contributed by atoms with van der Waals surface area (Å²) in [5.74, 6) is 2.07. The lowest BCUT2D eigenvalue weighted by Crippen LogP contribution is -2.23. The number of nitrogens with zero attached hydrogens (tertiary/aromatic N) is 3. The van der Waals surface area contributed by atoms with Crippen molar-refractivity contribution in [2.75, 3.05) is 32.7 Å². The number of aromatic nitrogens is 3. The largest absolute Gasteiger partial charge is 0.493 e. The summed E-state index contributed by atoms with van der Waals surface area (Å²) in [6.07, 6.45) is 3.55. The Balaban J connectivity index is 1.81. The zero-order chi connectivity index (χ0) is 20.1. The molecular formula is C21H26N4O3. The molecule has 3 aromatic rings. The van der Waals surface area contributed by atoms with E-state index in [1.165, 1.54) is 0 Å². The van der Waals surface area contributed by atoms with Gasteiger partial charge in [-0.3, -0.25) is 0 Å². The number of pyridine rings is 1. The zero-order valence-corrected chi connectivity index (χ0v) is 16.9. The molecule has 0 aliphatic rings. The van der Waals surface area contributed by atoms with Crippen molar-refractivity contribution < 1.29 is 14.2 Å². The first-order valence-electron chi connectivity index (χ1n) is 9.13. The van der Waals surface area contributed by atoms with Gasteiger partial charge in [0.15, 0.2) is 11.5 Å². The monoisotopic (exact) mass is 382 g/mol. The third-order valence-corrected chi connectivity index (χ3v) is 4.16. The minimum absolute atomic E-state index is 0.141. The van der Waals surface area contributed by atoms with Crippen molar-refractivity contribution in [1.29, 1.82) is 0 Å². The van der Waals surface area contributed by atoms with Crippen LogP contribution in [0.25, 0.3) is 22.0 Å². The van der Waals surface area contributed by atoms with Crippen molar-refractivity contribution in [2.45, 2.75) is 26.4 Å². The number of anilines is 1. The number of benzene rings is 1. The SMILES string of the molecule is COc1cc2nncc(-c3ccc(NCCOC(C)(C)C)nc3)c2cc1OC. The summed E-state index contributed by atoms with van der Waals surface area (Å²) in [5.41, 5.74) is 2.47. The highest BCUT2D eigenvalue weighted by Gasteiger charge is 2.12. The van der Waals surface area contributed by atoms with Crippen LogP contribution in [0.1, 0.15) is 20.8 Å². The Kier molecular flexibility index (Phi) is 5.94. The van der Waals surface area contributed by atoms with Gasteiger partial charge in [-0.15, -0.1) is 0 Å². The Morgan fingerprint density at radius 3 is 2.39 bits per heavy atom. The van der Waals surface area contributed by atoms with Gasteiger partial charge in [0.05, 0.1) is 38.1 Å². The molecule has 0 atom stereocenters. The van der Waals surface area contributed by atoms with Crippen molar-refractivity contribution in [2.24, 2.45) is 0 Å². The van der Waals surface area contributed by atoms with Crippen LogP contribution in [0, 0.1) is 0 Å². The van der Waals surface area contributed by atoms with E-state index in [2.05, 4.69) is 20.5 Å². The smallest absolute Gasteiger partial charge is 0.162 e. The van der Waals surface area contributed by atoms with Gasteiger partial charge in [0, 0.05) is 35.3 Å². The quantitative estimate of drug-likeness (QED) is 0.620. The van der Waals surface area contributed by atoms with E-state index in [4.69, 9.17) is 14.2 Å². The maximum atomic E-state index is 5.71. The molecule has 0 saturated carbocycles. The predicted octanol–water partition coefficient (Wildman–Crippen LogP) is 3.94. The van der Waals surface area contributed by atoms with Crippen LogP contribution in [0.15, 0.2) is 36.7 Å². The number of hydrogen-bond acceptors (Lipinski definition) is 7. The highest BCUT2D eigenvalue weighted by atomic mass is 16.5. The highest BCUT2D eigenvalue weighted by molar-refractivity contribution is 5.95. The molecule has 1 N–H and O–H groups in total. The summed E-state index contributed by atoms with van der Waals surface area (Å²) < 4.78 is 16.5. The molecule has 148 valence electrons. The first-order chi connectivity index (χ1) is 13.4. The Hall–Kier alpha value is -2.93. The number of rotatable bonds is 7. The molecule has 3 rings (SSSR count). The minimum Gasteiger partial charge on any atom is -0.493 e. The van der Waals surface area contributed by atoms with E-state index >= 15 is 0 Å². The van der Waals surface area contributed by atoms with Gasteiger partial charge in [-0.05, 0) is 39.0 Å². The van der Waals surface area contributed by atoms with Crippen molar-refractivity contribution >= 4 is 16.7 Å². The molecule has 28 heavy (non-hydrogen) atoms. The van der Waals surface area contributed by atoms with Crippen LogP contribution in [-0.4, -0.2) is 48.2 Å². The Bertz CT molecular complexity index is 937. The van der Waals surface area contributed by atoms with E-state index in [1.807, 2.05) is 51.2 Å². The molecule has 0 fully saturated rings. The standard InChI is InChI=1S/C21H26N4O3/c1-21(2,3)28-9-8-22-20-7-6-14(12-23-20)16-13-24-25-17-11-19(27-5)18(26-4)10-15(16)17/h6-7,10-13H,8-9H2,1-5H3,(H,22,23). The molecule has 0 saturated heterocycles. The van der Waals surface area contributed by atoms with Gasteiger partial charge in [0.1, 0.15) is 5.82 Å². The van der Waals surface area contributed by atoms with E-state index in [1.54, 1.807) is 20.4 Å². The summed E-state index contributed by atoms with van der Waals surface area (Å²) >= 11 is 0. The number of nitrogens with one attached hydrogen (secondary N) is 1. The zero-order valence-electron chi connectivity index (χ0n) is 16.9. The normalized spacial score (nSPS) is 11.5.